The number of benzene rings is 1. The minimum absolute atomic E-state index is 0.373. The molecule has 0 aromatic heterocycles. The first-order valence-electron chi connectivity index (χ1n) is 5.92. The molecule has 0 heterocycles. The van der Waals surface area contributed by atoms with Crippen molar-refractivity contribution in [2.24, 2.45) is 11.7 Å². The van der Waals surface area contributed by atoms with Crippen molar-refractivity contribution >= 4 is 23.2 Å². The van der Waals surface area contributed by atoms with Gasteiger partial charge in [0, 0.05) is 12.6 Å². The Labute approximate surface area is 113 Å². The van der Waals surface area contributed by atoms with Crippen LogP contribution in [-0.2, 0) is 6.42 Å². The van der Waals surface area contributed by atoms with Gasteiger partial charge in [-0.25, -0.2) is 0 Å². The minimum Gasteiger partial charge on any atom is -0.329 e. The fraction of sp³-hybridized carbons (Fsp3) is 0.538. The largest absolute Gasteiger partial charge is 0.329 e. The summed E-state index contributed by atoms with van der Waals surface area (Å²) in [5.74, 6) is 0.550. The number of rotatable bonds is 6. The molecule has 0 saturated heterocycles. The molecule has 0 radical (unpaired) electrons. The Bertz CT molecular complexity index is 353. The SMILES string of the molecule is CC(C)C(CN)NCCc1ccc(Cl)c(Cl)c1. The van der Waals surface area contributed by atoms with E-state index in [-0.39, 0.29) is 0 Å². The van der Waals surface area contributed by atoms with Crippen LogP contribution in [0.1, 0.15) is 19.4 Å². The number of hydrogen-bond acceptors (Lipinski definition) is 2. The van der Waals surface area contributed by atoms with Crippen molar-refractivity contribution in [2.75, 3.05) is 13.1 Å². The number of nitrogens with two attached hydrogens (primary N) is 1. The Morgan fingerprint density at radius 1 is 1.24 bits per heavy atom. The molecule has 1 rings (SSSR count). The van der Waals surface area contributed by atoms with Crippen LogP contribution in [0.5, 0.6) is 0 Å². The standard InChI is InChI=1S/C13H20Cl2N2/c1-9(2)13(8-16)17-6-5-10-3-4-11(14)12(15)7-10/h3-4,7,9,13,17H,5-6,8,16H2,1-2H3. The highest BCUT2D eigenvalue weighted by Crippen LogP contribution is 2.22. The molecule has 1 aromatic carbocycles. The second-order valence-electron chi connectivity index (χ2n) is 4.54. The van der Waals surface area contributed by atoms with E-state index in [1.54, 1.807) is 0 Å². The molecule has 4 heteroatoms. The highest BCUT2D eigenvalue weighted by atomic mass is 35.5. The lowest BCUT2D eigenvalue weighted by Gasteiger charge is -2.20. The van der Waals surface area contributed by atoms with E-state index >= 15 is 0 Å². The number of halogens is 2. The molecule has 1 atom stereocenters. The summed E-state index contributed by atoms with van der Waals surface area (Å²) in [6, 6.07) is 6.13. The van der Waals surface area contributed by atoms with Crippen LogP contribution in [0.4, 0.5) is 0 Å². The third kappa shape index (κ3) is 4.84. The summed E-state index contributed by atoms with van der Waals surface area (Å²) in [6.07, 6.45) is 0.931. The molecule has 0 aliphatic rings. The van der Waals surface area contributed by atoms with E-state index in [1.807, 2.05) is 18.2 Å². The summed E-state index contributed by atoms with van der Waals surface area (Å²) in [5.41, 5.74) is 6.88. The molecule has 0 saturated carbocycles. The fourth-order valence-corrected chi connectivity index (χ4v) is 2.01. The van der Waals surface area contributed by atoms with Gasteiger partial charge in [-0.05, 0) is 36.6 Å². The molecular formula is C13H20Cl2N2. The summed E-state index contributed by atoms with van der Waals surface area (Å²) >= 11 is 11.8. The number of nitrogens with one attached hydrogen (secondary N) is 1. The van der Waals surface area contributed by atoms with Gasteiger partial charge in [0.05, 0.1) is 10.0 Å². The van der Waals surface area contributed by atoms with E-state index < -0.39 is 0 Å². The topological polar surface area (TPSA) is 38.0 Å². The molecule has 0 spiro atoms. The van der Waals surface area contributed by atoms with Gasteiger partial charge >= 0.3 is 0 Å². The fourth-order valence-electron chi connectivity index (χ4n) is 1.69. The van der Waals surface area contributed by atoms with E-state index in [9.17, 15) is 0 Å². The first-order valence-corrected chi connectivity index (χ1v) is 6.67. The van der Waals surface area contributed by atoms with Crippen molar-refractivity contribution in [1.82, 2.24) is 5.32 Å². The maximum atomic E-state index is 5.96. The Morgan fingerprint density at radius 2 is 1.94 bits per heavy atom. The highest BCUT2D eigenvalue weighted by molar-refractivity contribution is 6.42. The molecule has 0 aliphatic carbocycles. The molecular weight excluding hydrogens is 255 g/mol. The predicted octanol–water partition coefficient (Wildman–Crippen LogP) is 3.11. The molecule has 3 N–H and O–H groups in total. The van der Waals surface area contributed by atoms with Crippen molar-refractivity contribution in [3.05, 3.63) is 33.8 Å². The molecule has 1 unspecified atom stereocenters. The second-order valence-corrected chi connectivity index (χ2v) is 5.35. The Balaban J connectivity index is 2.42. The third-order valence-corrected chi connectivity index (χ3v) is 3.60. The average Bonchev–Trinajstić information content (AvgIpc) is 2.28. The van der Waals surface area contributed by atoms with Crippen LogP contribution in [0.3, 0.4) is 0 Å². The first kappa shape index (κ1) is 14.8. The molecule has 0 aliphatic heterocycles. The van der Waals surface area contributed by atoms with Crippen LogP contribution < -0.4 is 11.1 Å². The van der Waals surface area contributed by atoms with E-state index in [2.05, 4.69) is 19.2 Å². The average molecular weight is 275 g/mol. The molecule has 17 heavy (non-hydrogen) atoms. The Morgan fingerprint density at radius 3 is 2.47 bits per heavy atom. The van der Waals surface area contributed by atoms with Gasteiger partial charge in [-0.3, -0.25) is 0 Å². The van der Waals surface area contributed by atoms with Crippen LogP contribution in [-0.4, -0.2) is 19.1 Å². The second kappa shape index (κ2) is 7.22. The van der Waals surface area contributed by atoms with Gasteiger partial charge in [-0.1, -0.05) is 43.1 Å². The zero-order valence-electron chi connectivity index (χ0n) is 10.3. The highest BCUT2D eigenvalue weighted by Gasteiger charge is 2.09. The maximum Gasteiger partial charge on any atom is 0.0595 e. The maximum absolute atomic E-state index is 5.96. The Hall–Kier alpha value is -0.280. The molecule has 2 nitrogen and oxygen atoms in total. The van der Waals surface area contributed by atoms with E-state index in [0.717, 1.165) is 13.0 Å². The van der Waals surface area contributed by atoms with Crippen molar-refractivity contribution in [1.29, 1.82) is 0 Å². The lowest BCUT2D eigenvalue weighted by molar-refractivity contribution is 0.409. The summed E-state index contributed by atoms with van der Waals surface area (Å²) in [5, 5.41) is 4.67. The van der Waals surface area contributed by atoms with Gasteiger partial charge < -0.3 is 11.1 Å². The summed E-state index contributed by atoms with van der Waals surface area (Å²) < 4.78 is 0. The summed E-state index contributed by atoms with van der Waals surface area (Å²) in [7, 11) is 0. The zero-order valence-corrected chi connectivity index (χ0v) is 11.9. The smallest absolute Gasteiger partial charge is 0.0595 e. The van der Waals surface area contributed by atoms with Crippen LogP contribution in [0.15, 0.2) is 18.2 Å². The molecule has 96 valence electrons. The summed E-state index contributed by atoms with van der Waals surface area (Å²) in [6.45, 7) is 5.91. The minimum atomic E-state index is 0.373. The van der Waals surface area contributed by atoms with Crippen LogP contribution in [0.2, 0.25) is 10.0 Å². The normalized spacial score (nSPS) is 13.1. The van der Waals surface area contributed by atoms with Crippen molar-refractivity contribution in [3.63, 3.8) is 0 Å². The van der Waals surface area contributed by atoms with Gasteiger partial charge in [0.1, 0.15) is 0 Å². The molecule has 1 aromatic rings. The monoisotopic (exact) mass is 274 g/mol. The van der Waals surface area contributed by atoms with Crippen LogP contribution in [0.25, 0.3) is 0 Å². The third-order valence-electron chi connectivity index (χ3n) is 2.86. The lowest BCUT2D eigenvalue weighted by Crippen LogP contribution is -2.41. The van der Waals surface area contributed by atoms with Crippen molar-refractivity contribution < 1.29 is 0 Å². The lowest BCUT2D eigenvalue weighted by atomic mass is 10.0. The van der Waals surface area contributed by atoms with E-state index in [4.69, 9.17) is 28.9 Å². The van der Waals surface area contributed by atoms with E-state index in [1.165, 1.54) is 5.56 Å². The van der Waals surface area contributed by atoms with Crippen LogP contribution >= 0.6 is 23.2 Å². The van der Waals surface area contributed by atoms with Crippen molar-refractivity contribution in [3.8, 4) is 0 Å². The first-order chi connectivity index (χ1) is 8.04. The van der Waals surface area contributed by atoms with E-state index in [0.29, 0.717) is 28.5 Å². The number of hydrogen-bond donors (Lipinski definition) is 2. The van der Waals surface area contributed by atoms with Gasteiger partial charge in [-0.15, -0.1) is 0 Å². The molecule has 0 amide bonds. The molecule has 0 fully saturated rings. The summed E-state index contributed by atoms with van der Waals surface area (Å²) in [4.78, 5) is 0. The zero-order chi connectivity index (χ0) is 12.8. The quantitative estimate of drug-likeness (QED) is 0.837. The molecule has 0 bridgehead atoms. The van der Waals surface area contributed by atoms with Gasteiger partial charge in [-0.2, -0.15) is 0 Å². The van der Waals surface area contributed by atoms with Gasteiger partial charge in [0.2, 0.25) is 0 Å². The Kier molecular flexibility index (Phi) is 6.28. The van der Waals surface area contributed by atoms with Gasteiger partial charge in [0.15, 0.2) is 0 Å². The van der Waals surface area contributed by atoms with Crippen LogP contribution in [0, 0.1) is 5.92 Å². The van der Waals surface area contributed by atoms with Crippen molar-refractivity contribution in [2.45, 2.75) is 26.3 Å². The predicted molar refractivity (Wildman–Crippen MR) is 75.8 cm³/mol. The van der Waals surface area contributed by atoms with Gasteiger partial charge in [0.25, 0.3) is 0 Å².